The molecule has 7 heteroatoms. The first kappa shape index (κ1) is 15.8. The van der Waals surface area contributed by atoms with Crippen LogP contribution in [0.5, 0.6) is 6.01 Å². The minimum atomic E-state index is 0.340. The Balaban J connectivity index is 2.99. The van der Waals surface area contributed by atoms with E-state index in [1.54, 1.807) is 7.11 Å². The second kappa shape index (κ2) is 8.04. The molecule has 0 aromatic carbocycles. The highest BCUT2D eigenvalue weighted by Gasteiger charge is 2.17. The predicted octanol–water partition coefficient (Wildman–Crippen LogP) is 1.89. The van der Waals surface area contributed by atoms with Crippen molar-refractivity contribution in [2.75, 3.05) is 42.9 Å². The highest BCUT2D eigenvalue weighted by Crippen LogP contribution is 2.18. The predicted molar refractivity (Wildman–Crippen MR) is 81.4 cm³/mol. The topological polar surface area (TPSA) is 63.2 Å². The Morgan fingerprint density at radius 3 is 2.58 bits per heavy atom. The van der Waals surface area contributed by atoms with E-state index >= 15 is 0 Å². The van der Waals surface area contributed by atoms with E-state index in [1.165, 1.54) is 0 Å². The maximum Gasteiger partial charge on any atom is 0.322 e. The highest BCUT2D eigenvalue weighted by atomic mass is 32.2. The number of nitrogens with one attached hydrogen (secondary N) is 1. The maximum atomic E-state index is 5.13. The summed E-state index contributed by atoms with van der Waals surface area (Å²) in [5, 5.41) is 3.09. The van der Waals surface area contributed by atoms with Gasteiger partial charge >= 0.3 is 6.01 Å². The lowest BCUT2D eigenvalue weighted by Gasteiger charge is -2.26. The molecule has 1 atom stereocenters. The molecule has 1 N–H and O–H groups in total. The summed E-state index contributed by atoms with van der Waals surface area (Å²) in [4.78, 5) is 15.0. The van der Waals surface area contributed by atoms with E-state index in [0.717, 1.165) is 18.7 Å². The van der Waals surface area contributed by atoms with Crippen molar-refractivity contribution >= 4 is 23.7 Å². The summed E-state index contributed by atoms with van der Waals surface area (Å²) in [6, 6.07) is 0.739. The lowest BCUT2D eigenvalue weighted by atomic mass is 10.2. The number of ether oxygens (including phenoxy) is 1. The molecule has 0 aliphatic rings. The van der Waals surface area contributed by atoms with E-state index in [2.05, 4.69) is 38.3 Å². The summed E-state index contributed by atoms with van der Waals surface area (Å²) < 4.78 is 5.13. The highest BCUT2D eigenvalue weighted by molar-refractivity contribution is 7.98. The van der Waals surface area contributed by atoms with Crippen molar-refractivity contribution in [2.45, 2.75) is 26.3 Å². The largest absolute Gasteiger partial charge is 0.467 e. The van der Waals surface area contributed by atoms with Gasteiger partial charge in [0.1, 0.15) is 0 Å². The minimum Gasteiger partial charge on any atom is -0.467 e. The number of aromatic nitrogens is 3. The number of methoxy groups -OCH3 is 1. The maximum absolute atomic E-state index is 5.13. The molecule has 0 aliphatic heterocycles. The van der Waals surface area contributed by atoms with Gasteiger partial charge in [-0.15, -0.1) is 0 Å². The molecule has 19 heavy (non-hydrogen) atoms. The fraction of sp³-hybridized carbons (Fsp3) is 0.750. The van der Waals surface area contributed by atoms with Gasteiger partial charge in [0.15, 0.2) is 0 Å². The fourth-order valence-corrected chi connectivity index (χ4v) is 2.54. The molecule has 0 spiro atoms. The van der Waals surface area contributed by atoms with E-state index in [1.807, 2.05) is 25.7 Å². The quantitative estimate of drug-likeness (QED) is 0.782. The van der Waals surface area contributed by atoms with Crippen molar-refractivity contribution in [3.63, 3.8) is 0 Å². The Morgan fingerprint density at radius 2 is 2.05 bits per heavy atom. The molecule has 1 rings (SSSR count). The molecule has 0 radical (unpaired) electrons. The molecular formula is C12H23N5OS. The first-order valence-electron chi connectivity index (χ1n) is 6.41. The average Bonchev–Trinajstić information content (AvgIpc) is 2.44. The van der Waals surface area contributed by atoms with Crippen LogP contribution in [-0.4, -0.2) is 53.7 Å². The van der Waals surface area contributed by atoms with Gasteiger partial charge in [-0.1, -0.05) is 6.92 Å². The molecule has 1 aromatic rings. The van der Waals surface area contributed by atoms with Gasteiger partial charge in [-0.2, -0.15) is 26.7 Å². The zero-order valence-corrected chi connectivity index (χ0v) is 13.1. The van der Waals surface area contributed by atoms with E-state index in [-0.39, 0.29) is 0 Å². The molecule has 108 valence electrons. The molecule has 1 aromatic heterocycles. The third kappa shape index (κ3) is 4.41. The van der Waals surface area contributed by atoms with Crippen LogP contribution in [0.3, 0.4) is 0 Å². The van der Waals surface area contributed by atoms with Crippen LogP contribution in [0.4, 0.5) is 11.9 Å². The fourth-order valence-electron chi connectivity index (χ4n) is 1.69. The Hall–Kier alpha value is -1.24. The molecule has 1 unspecified atom stereocenters. The van der Waals surface area contributed by atoms with Crippen LogP contribution in [0.2, 0.25) is 0 Å². The Labute approximate surface area is 119 Å². The summed E-state index contributed by atoms with van der Waals surface area (Å²) in [5.74, 6) is 2.23. The summed E-state index contributed by atoms with van der Waals surface area (Å²) >= 11 is 1.82. The zero-order chi connectivity index (χ0) is 14.3. The summed E-state index contributed by atoms with van der Waals surface area (Å²) in [7, 11) is 3.57. The van der Waals surface area contributed by atoms with Gasteiger partial charge in [0.2, 0.25) is 11.9 Å². The molecule has 0 amide bonds. The molecule has 0 aliphatic carbocycles. The van der Waals surface area contributed by atoms with E-state index in [0.29, 0.717) is 23.9 Å². The van der Waals surface area contributed by atoms with E-state index in [9.17, 15) is 0 Å². The summed E-state index contributed by atoms with van der Waals surface area (Å²) in [6.45, 7) is 4.93. The molecule has 0 saturated carbocycles. The summed E-state index contributed by atoms with van der Waals surface area (Å²) in [6.07, 6.45) is 3.15. The second-order valence-electron chi connectivity index (χ2n) is 4.10. The van der Waals surface area contributed by atoms with Crippen molar-refractivity contribution < 1.29 is 4.74 Å². The van der Waals surface area contributed by atoms with Gasteiger partial charge in [-0.25, -0.2) is 0 Å². The van der Waals surface area contributed by atoms with E-state index < -0.39 is 0 Å². The monoisotopic (exact) mass is 285 g/mol. The zero-order valence-electron chi connectivity index (χ0n) is 12.3. The molecule has 6 nitrogen and oxygen atoms in total. The Bertz CT molecular complexity index is 390. The molecule has 0 fully saturated rings. The van der Waals surface area contributed by atoms with Gasteiger partial charge in [0.25, 0.3) is 0 Å². The minimum absolute atomic E-state index is 0.340. The number of hydrogen-bond donors (Lipinski definition) is 1. The Morgan fingerprint density at radius 1 is 1.32 bits per heavy atom. The molecular weight excluding hydrogens is 262 g/mol. The standard InChI is InChI=1S/C12H23N5OS/c1-6-9(8-19-5)17(3)11-14-10(13-7-2)15-12(16-11)18-4/h9H,6-8H2,1-5H3,(H,13,14,15,16). The molecule has 0 saturated heterocycles. The van der Waals surface area contributed by atoms with Crippen molar-refractivity contribution in [2.24, 2.45) is 0 Å². The van der Waals surface area contributed by atoms with Crippen LogP contribution in [-0.2, 0) is 0 Å². The van der Waals surface area contributed by atoms with Gasteiger partial charge in [0, 0.05) is 25.4 Å². The normalized spacial score (nSPS) is 12.1. The van der Waals surface area contributed by atoms with Crippen LogP contribution in [0.15, 0.2) is 0 Å². The van der Waals surface area contributed by atoms with Gasteiger partial charge in [-0.05, 0) is 19.6 Å². The first-order chi connectivity index (χ1) is 9.15. The van der Waals surface area contributed by atoms with Crippen LogP contribution in [0, 0.1) is 0 Å². The van der Waals surface area contributed by atoms with Crippen molar-refractivity contribution in [1.82, 2.24) is 15.0 Å². The smallest absolute Gasteiger partial charge is 0.322 e. The van der Waals surface area contributed by atoms with Crippen LogP contribution in [0.25, 0.3) is 0 Å². The lowest BCUT2D eigenvalue weighted by molar-refractivity contribution is 0.378. The number of nitrogens with zero attached hydrogens (tertiary/aromatic N) is 4. The third-order valence-corrected chi connectivity index (χ3v) is 3.53. The summed E-state index contributed by atoms with van der Waals surface area (Å²) in [5.41, 5.74) is 0. The van der Waals surface area contributed by atoms with Crippen LogP contribution < -0.4 is 15.0 Å². The Kier molecular flexibility index (Phi) is 6.69. The first-order valence-corrected chi connectivity index (χ1v) is 7.81. The van der Waals surface area contributed by atoms with Crippen LogP contribution in [0.1, 0.15) is 20.3 Å². The van der Waals surface area contributed by atoms with Gasteiger partial charge in [-0.3, -0.25) is 0 Å². The van der Waals surface area contributed by atoms with Crippen LogP contribution >= 0.6 is 11.8 Å². The lowest BCUT2D eigenvalue weighted by Crippen LogP contribution is -2.34. The van der Waals surface area contributed by atoms with Crippen molar-refractivity contribution in [3.8, 4) is 6.01 Å². The third-order valence-electron chi connectivity index (χ3n) is 2.81. The van der Waals surface area contributed by atoms with Crippen molar-refractivity contribution in [1.29, 1.82) is 0 Å². The van der Waals surface area contributed by atoms with Gasteiger partial charge in [0.05, 0.1) is 7.11 Å². The molecule has 0 bridgehead atoms. The van der Waals surface area contributed by atoms with Crippen molar-refractivity contribution in [3.05, 3.63) is 0 Å². The number of rotatable bonds is 8. The number of anilines is 2. The molecule has 1 heterocycles. The number of thioether (sulfide) groups is 1. The van der Waals surface area contributed by atoms with Gasteiger partial charge < -0.3 is 15.0 Å². The SMILES string of the molecule is CCNc1nc(OC)nc(N(C)C(CC)CSC)n1. The second-order valence-corrected chi connectivity index (χ2v) is 5.02. The number of hydrogen-bond acceptors (Lipinski definition) is 7. The average molecular weight is 285 g/mol. The van der Waals surface area contributed by atoms with E-state index in [4.69, 9.17) is 4.74 Å².